The van der Waals surface area contributed by atoms with Gasteiger partial charge in [0.2, 0.25) is 5.91 Å². The lowest BCUT2D eigenvalue weighted by Gasteiger charge is -2.20. The smallest absolute Gasteiger partial charge is 0.220 e. The van der Waals surface area contributed by atoms with Crippen LogP contribution in [0.15, 0.2) is 42.5 Å². The molecule has 1 aromatic rings. The average molecular weight is 446 g/mol. The Morgan fingerprint density at radius 2 is 1.69 bits per heavy atom. The van der Waals surface area contributed by atoms with Gasteiger partial charge in [0.05, 0.1) is 25.4 Å². The summed E-state index contributed by atoms with van der Waals surface area (Å²) in [5.74, 6) is 0.286. The van der Waals surface area contributed by atoms with E-state index in [2.05, 4.69) is 17.4 Å². The zero-order valence-corrected chi connectivity index (χ0v) is 19.0. The van der Waals surface area contributed by atoms with Crippen molar-refractivity contribution in [3.8, 4) is 0 Å². The van der Waals surface area contributed by atoms with E-state index in [9.17, 15) is 14.7 Å². The Balaban J connectivity index is 1.59. The minimum atomic E-state index is -0.586. The third kappa shape index (κ3) is 9.63. The van der Waals surface area contributed by atoms with Crippen LogP contribution in [0.4, 0.5) is 0 Å². The topological polar surface area (TPSA) is 107 Å². The maximum atomic E-state index is 12.3. The average Bonchev–Trinajstić information content (AvgIpc) is 3.16. The first kappa shape index (κ1) is 26.2. The molecule has 32 heavy (non-hydrogen) atoms. The number of nitrogens with one attached hydrogen (secondary N) is 1. The highest BCUT2D eigenvalue weighted by atomic mass is 16.3. The Morgan fingerprint density at radius 1 is 0.969 bits per heavy atom. The number of carbonyl (C=O) groups excluding carboxylic acids is 2. The van der Waals surface area contributed by atoms with Crippen molar-refractivity contribution in [2.75, 3.05) is 13.2 Å². The van der Waals surface area contributed by atoms with Crippen molar-refractivity contribution >= 4 is 11.7 Å². The molecule has 0 saturated carbocycles. The monoisotopic (exact) mass is 445 g/mol. The second-order valence-electron chi connectivity index (χ2n) is 8.87. The third-order valence-electron chi connectivity index (χ3n) is 6.31. The fourth-order valence-corrected chi connectivity index (χ4v) is 4.30. The highest BCUT2D eigenvalue weighted by Gasteiger charge is 2.29. The van der Waals surface area contributed by atoms with Crippen LogP contribution in [0.2, 0.25) is 0 Å². The molecule has 0 heterocycles. The second-order valence-corrected chi connectivity index (χ2v) is 8.87. The zero-order valence-electron chi connectivity index (χ0n) is 19.0. The molecule has 0 unspecified atom stereocenters. The van der Waals surface area contributed by atoms with Crippen molar-refractivity contribution in [2.45, 2.75) is 76.4 Å². The number of aliphatic hydroxyl groups is 3. The minimum absolute atomic E-state index is 0.0227. The van der Waals surface area contributed by atoms with Crippen molar-refractivity contribution in [3.05, 3.63) is 48.0 Å². The molecule has 0 bridgehead atoms. The van der Waals surface area contributed by atoms with Gasteiger partial charge in [-0.25, -0.2) is 0 Å². The molecule has 6 heteroatoms. The normalized spacial score (nSPS) is 18.9. The molecule has 1 aromatic carbocycles. The predicted octanol–water partition coefficient (Wildman–Crippen LogP) is 2.94. The summed E-state index contributed by atoms with van der Waals surface area (Å²) in [4.78, 5) is 24.0. The van der Waals surface area contributed by atoms with Crippen LogP contribution in [-0.4, -0.2) is 52.4 Å². The SMILES string of the molecule is O=C(CCCCCC[C@H]1C(=O)C=C[C@@H]1CC[C@@H](O)CCc1ccccc1)NC(CO)CO. The molecule has 0 fully saturated rings. The van der Waals surface area contributed by atoms with Crippen LogP contribution in [0.3, 0.4) is 0 Å². The van der Waals surface area contributed by atoms with Crippen LogP contribution in [0.1, 0.15) is 63.4 Å². The number of benzene rings is 1. The van der Waals surface area contributed by atoms with E-state index in [1.165, 1.54) is 5.56 Å². The Hall–Kier alpha value is -2.02. The number of rotatable bonds is 16. The molecule has 1 aliphatic carbocycles. The highest BCUT2D eigenvalue weighted by molar-refractivity contribution is 5.94. The second kappa shape index (κ2) is 14.9. The molecule has 0 aliphatic heterocycles. The van der Waals surface area contributed by atoms with Crippen LogP contribution in [0.5, 0.6) is 0 Å². The number of hydrogen-bond donors (Lipinski definition) is 4. The van der Waals surface area contributed by atoms with E-state index in [-0.39, 0.29) is 42.8 Å². The molecular formula is C26H39NO5. The quantitative estimate of drug-likeness (QED) is 0.293. The van der Waals surface area contributed by atoms with Gasteiger partial charge in [-0.05, 0) is 56.1 Å². The predicted molar refractivity (Wildman–Crippen MR) is 125 cm³/mol. The van der Waals surface area contributed by atoms with Crippen LogP contribution < -0.4 is 5.32 Å². The van der Waals surface area contributed by atoms with Crippen molar-refractivity contribution in [3.63, 3.8) is 0 Å². The summed E-state index contributed by atoms with van der Waals surface area (Å²) >= 11 is 0. The number of carbonyl (C=O) groups is 2. The number of amides is 1. The highest BCUT2D eigenvalue weighted by Crippen LogP contribution is 2.31. The van der Waals surface area contributed by atoms with Gasteiger partial charge in [-0.2, -0.15) is 0 Å². The van der Waals surface area contributed by atoms with Crippen LogP contribution >= 0.6 is 0 Å². The number of unbranched alkanes of at least 4 members (excludes halogenated alkanes) is 3. The minimum Gasteiger partial charge on any atom is -0.394 e. The summed E-state index contributed by atoms with van der Waals surface area (Å²) in [6.45, 7) is -0.534. The molecule has 1 aliphatic rings. The van der Waals surface area contributed by atoms with E-state index in [4.69, 9.17) is 10.2 Å². The van der Waals surface area contributed by atoms with E-state index in [0.29, 0.717) is 12.8 Å². The lowest BCUT2D eigenvalue weighted by atomic mass is 9.85. The standard InChI is InChI=1S/C26H39NO5/c28-18-22(19-29)27-26(32)11-7-2-1-6-10-24-21(14-17-25(24)31)13-16-23(30)15-12-20-8-4-3-5-9-20/h3-5,8-9,14,17,21-24,28-30H,1-2,6-7,10-13,15-16,18-19H2,(H,27,32)/t21-,23-,24+/m0/s1. The molecule has 6 nitrogen and oxygen atoms in total. The van der Waals surface area contributed by atoms with E-state index in [1.54, 1.807) is 6.08 Å². The molecule has 0 spiro atoms. The third-order valence-corrected chi connectivity index (χ3v) is 6.31. The van der Waals surface area contributed by atoms with E-state index >= 15 is 0 Å². The van der Waals surface area contributed by atoms with Crippen LogP contribution in [0.25, 0.3) is 0 Å². The van der Waals surface area contributed by atoms with Crippen molar-refractivity contribution in [2.24, 2.45) is 11.8 Å². The Morgan fingerprint density at radius 3 is 2.41 bits per heavy atom. The van der Waals surface area contributed by atoms with E-state index in [0.717, 1.165) is 51.4 Å². The number of aliphatic hydroxyl groups excluding tert-OH is 3. The maximum Gasteiger partial charge on any atom is 0.220 e. The van der Waals surface area contributed by atoms with E-state index in [1.807, 2.05) is 24.3 Å². The van der Waals surface area contributed by atoms with Gasteiger partial charge in [-0.15, -0.1) is 0 Å². The van der Waals surface area contributed by atoms with E-state index < -0.39 is 6.04 Å². The summed E-state index contributed by atoms with van der Waals surface area (Å²) < 4.78 is 0. The van der Waals surface area contributed by atoms with Gasteiger partial charge >= 0.3 is 0 Å². The number of ketones is 1. The summed E-state index contributed by atoms with van der Waals surface area (Å²) in [5, 5.41) is 30.9. The van der Waals surface area contributed by atoms with Gasteiger partial charge in [-0.1, -0.05) is 55.7 Å². The van der Waals surface area contributed by atoms with Gasteiger partial charge < -0.3 is 20.6 Å². The van der Waals surface area contributed by atoms with Crippen LogP contribution in [-0.2, 0) is 16.0 Å². The van der Waals surface area contributed by atoms with Gasteiger partial charge in [-0.3, -0.25) is 9.59 Å². The van der Waals surface area contributed by atoms with Gasteiger partial charge in [0.25, 0.3) is 0 Å². The molecule has 1 amide bonds. The number of aryl methyl sites for hydroxylation is 1. The first-order valence-corrected chi connectivity index (χ1v) is 12.0. The van der Waals surface area contributed by atoms with Gasteiger partial charge in [0.1, 0.15) is 0 Å². The molecule has 178 valence electrons. The van der Waals surface area contributed by atoms with Crippen molar-refractivity contribution < 1.29 is 24.9 Å². The van der Waals surface area contributed by atoms with Gasteiger partial charge in [0.15, 0.2) is 5.78 Å². The lowest BCUT2D eigenvalue weighted by molar-refractivity contribution is -0.122. The molecule has 0 saturated heterocycles. The fourth-order valence-electron chi connectivity index (χ4n) is 4.30. The van der Waals surface area contributed by atoms with Crippen LogP contribution in [0, 0.1) is 11.8 Å². The molecular weight excluding hydrogens is 406 g/mol. The molecule has 4 N–H and O–H groups in total. The Labute approximate surface area is 191 Å². The first-order valence-electron chi connectivity index (χ1n) is 12.0. The Kier molecular flexibility index (Phi) is 12.2. The molecule has 3 atom stereocenters. The lowest BCUT2D eigenvalue weighted by Crippen LogP contribution is -2.39. The molecule has 0 aromatic heterocycles. The summed E-state index contributed by atoms with van der Waals surface area (Å²) in [6.07, 6.45) is 11.3. The number of allylic oxidation sites excluding steroid dienone is 2. The fraction of sp³-hybridized carbons (Fsp3) is 0.615. The largest absolute Gasteiger partial charge is 0.394 e. The summed E-state index contributed by atoms with van der Waals surface area (Å²) in [6, 6.07) is 9.59. The number of hydrogen-bond acceptors (Lipinski definition) is 5. The summed E-state index contributed by atoms with van der Waals surface area (Å²) in [7, 11) is 0. The van der Waals surface area contributed by atoms with Crippen molar-refractivity contribution in [1.82, 2.24) is 5.32 Å². The zero-order chi connectivity index (χ0) is 23.2. The Bertz CT molecular complexity index is 701. The molecule has 0 radical (unpaired) electrons. The maximum absolute atomic E-state index is 12.3. The summed E-state index contributed by atoms with van der Waals surface area (Å²) in [5.41, 5.74) is 1.24. The first-order chi connectivity index (χ1) is 15.5. The van der Waals surface area contributed by atoms with Gasteiger partial charge in [0, 0.05) is 12.3 Å². The molecule has 2 rings (SSSR count). The van der Waals surface area contributed by atoms with Crippen molar-refractivity contribution in [1.29, 1.82) is 0 Å².